The Morgan fingerprint density at radius 3 is 1.71 bits per heavy atom. The number of benzene rings is 8. The molecular weight excluding hydrogens is 687 g/mol. The Labute approximate surface area is 317 Å². The minimum atomic E-state index is 0.596. The maximum absolute atomic E-state index is 6.90. The van der Waals surface area contributed by atoms with Gasteiger partial charge < -0.3 is 8.82 Å². The van der Waals surface area contributed by atoms with Gasteiger partial charge in [-0.25, -0.2) is 4.98 Å². The lowest BCUT2D eigenvalue weighted by atomic mass is 10.0. The predicted molar refractivity (Wildman–Crippen MR) is 230 cm³/mol. The zero-order valence-electron chi connectivity index (χ0n) is 29.7. The van der Waals surface area contributed by atoms with Gasteiger partial charge in [0, 0.05) is 53.9 Å². The summed E-state index contributed by atoms with van der Waals surface area (Å²) in [5.41, 5.74) is 10.1. The van der Waals surface area contributed by atoms with Crippen LogP contribution in [0.2, 0.25) is 0 Å². The first kappa shape index (κ1) is 28.8. The van der Waals surface area contributed by atoms with E-state index in [4.69, 9.17) is 14.4 Å². The van der Waals surface area contributed by atoms with Crippen LogP contribution in [0, 0.1) is 0 Å². The molecule has 0 N–H and O–H groups in total. The van der Waals surface area contributed by atoms with Crippen molar-refractivity contribution >= 4 is 115 Å². The summed E-state index contributed by atoms with van der Waals surface area (Å²) in [6.45, 7) is 0. The van der Waals surface area contributed by atoms with Gasteiger partial charge in [-0.15, -0.1) is 0 Å². The van der Waals surface area contributed by atoms with Crippen molar-refractivity contribution in [2.45, 2.75) is 0 Å². The summed E-state index contributed by atoms with van der Waals surface area (Å²) in [7, 11) is 0. The number of rotatable bonds is 2. The highest BCUT2D eigenvalue weighted by atomic mass is 16.3. The average Bonchev–Trinajstić information content (AvgIpc) is 4.05. The molecule has 6 heteroatoms. The van der Waals surface area contributed by atoms with Crippen molar-refractivity contribution < 1.29 is 4.42 Å². The zero-order chi connectivity index (χ0) is 36.2. The number of hydrogen-bond acceptors (Lipinski definition) is 3. The van der Waals surface area contributed by atoms with Crippen LogP contribution < -0.4 is 0 Å². The second-order valence-electron chi connectivity index (χ2n) is 14.9. The van der Waals surface area contributed by atoms with Crippen LogP contribution in [0.5, 0.6) is 0 Å². The van der Waals surface area contributed by atoms with Gasteiger partial charge in [0.1, 0.15) is 11.1 Å². The second kappa shape index (κ2) is 10.1. The number of nitrogens with zero attached hydrogens (tertiary/aromatic N) is 5. The first-order valence-corrected chi connectivity index (χ1v) is 19.0. The van der Waals surface area contributed by atoms with Crippen molar-refractivity contribution in [3.63, 3.8) is 0 Å². The molecule has 0 aliphatic carbocycles. The van der Waals surface area contributed by atoms with Crippen LogP contribution in [0.1, 0.15) is 0 Å². The molecule has 0 fully saturated rings. The molecule has 0 saturated heterocycles. The Balaban J connectivity index is 1.27. The van der Waals surface area contributed by atoms with Gasteiger partial charge in [0.15, 0.2) is 11.4 Å². The normalized spacial score (nSPS) is 12.6. The van der Waals surface area contributed by atoms with Crippen LogP contribution in [-0.4, -0.2) is 23.5 Å². The molecule has 8 aromatic carbocycles. The van der Waals surface area contributed by atoms with E-state index in [1.165, 1.54) is 48.9 Å². The first-order valence-electron chi connectivity index (χ1n) is 19.0. The van der Waals surface area contributed by atoms with Crippen LogP contribution in [0.3, 0.4) is 0 Å². The molecule has 0 aliphatic heterocycles. The molecule has 0 radical (unpaired) electrons. The summed E-state index contributed by atoms with van der Waals surface area (Å²) >= 11 is 0. The van der Waals surface area contributed by atoms with E-state index in [0.717, 1.165) is 60.1 Å². The Morgan fingerprint density at radius 1 is 0.393 bits per heavy atom. The lowest BCUT2D eigenvalue weighted by Crippen LogP contribution is -2.07. The quantitative estimate of drug-likeness (QED) is 0.179. The smallest absolute Gasteiger partial charge is 0.237 e. The molecule has 6 heterocycles. The molecule has 258 valence electrons. The molecule has 6 aromatic heterocycles. The third kappa shape index (κ3) is 3.39. The van der Waals surface area contributed by atoms with Crippen molar-refractivity contribution in [1.29, 1.82) is 0 Å². The summed E-state index contributed by atoms with van der Waals surface area (Å²) in [4.78, 5) is 11.1. The molecule has 14 aromatic rings. The summed E-state index contributed by atoms with van der Waals surface area (Å²) in [5, 5.41) is 12.8. The highest BCUT2D eigenvalue weighted by molar-refractivity contribution is 6.35. The maximum Gasteiger partial charge on any atom is 0.237 e. The van der Waals surface area contributed by atoms with Crippen LogP contribution in [0.15, 0.2) is 168 Å². The van der Waals surface area contributed by atoms with Crippen molar-refractivity contribution in [2.24, 2.45) is 0 Å². The fraction of sp³-hybridized carbons (Fsp3) is 0. The fourth-order valence-corrected chi connectivity index (χ4v) is 9.93. The Bertz CT molecular complexity index is 3960. The van der Waals surface area contributed by atoms with Gasteiger partial charge in [-0.3, -0.25) is 9.13 Å². The van der Waals surface area contributed by atoms with Gasteiger partial charge >= 0.3 is 0 Å². The van der Waals surface area contributed by atoms with E-state index in [2.05, 4.69) is 165 Å². The predicted octanol–water partition coefficient (Wildman–Crippen LogP) is 12.9. The minimum absolute atomic E-state index is 0.596. The van der Waals surface area contributed by atoms with E-state index in [9.17, 15) is 0 Å². The van der Waals surface area contributed by atoms with E-state index in [1.54, 1.807) is 0 Å². The molecule has 14 rings (SSSR count). The molecule has 0 bridgehead atoms. The third-order valence-electron chi connectivity index (χ3n) is 12.2. The van der Waals surface area contributed by atoms with Crippen LogP contribution in [-0.2, 0) is 0 Å². The summed E-state index contributed by atoms with van der Waals surface area (Å²) in [6, 6.07) is 58.5. The molecule has 56 heavy (non-hydrogen) atoms. The summed E-state index contributed by atoms with van der Waals surface area (Å²) < 4.78 is 14.0. The van der Waals surface area contributed by atoms with Crippen LogP contribution in [0.25, 0.3) is 126 Å². The topological polar surface area (TPSA) is 53.2 Å². The SMILES string of the molecule is c1ccc2c(c1)ccc1c3cc4c5ccccc5n5c6ccccc6c(c3n(-c3nc(-n6c7ccccc7c7ccccc76)nc6c3oc3ccccc36)c21)c45. The number of aromatic nitrogens is 5. The largest absolute Gasteiger partial charge is 0.450 e. The Hall–Kier alpha value is -7.70. The van der Waals surface area contributed by atoms with Crippen molar-refractivity contribution in [1.82, 2.24) is 23.5 Å². The van der Waals surface area contributed by atoms with E-state index < -0.39 is 0 Å². The molecule has 0 atom stereocenters. The molecule has 0 aliphatic rings. The number of furan rings is 1. The van der Waals surface area contributed by atoms with Gasteiger partial charge in [-0.05, 0) is 47.9 Å². The van der Waals surface area contributed by atoms with Gasteiger partial charge in [-0.2, -0.15) is 4.98 Å². The van der Waals surface area contributed by atoms with Gasteiger partial charge in [0.05, 0.1) is 38.6 Å². The van der Waals surface area contributed by atoms with Crippen LogP contribution in [0.4, 0.5) is 0 Å². The molecule has 0 spiro atoms. The van der Waals surface area contributed by atoms with Gasteiger partial charge in [0.2, 0.25) is 5.95 Å². The van der Waals surface area contributed by atoms with E-state index in [0.29, 0.717) is 17.3 Å². The molecule has 0 amide bonds. The van der Waals surface area contributed by atoms with Gasteiger partial charge in [-0.1, -0.05) is 121 Å². The Morgan fingerprint density at radius 2 is 0.964 bits per heavy atom. The molecule has 6 nitrogen and oxygen atoms in total. The number of para-hydroxylation sites is 5. The second-order valence-corrected chi connectivity index (χ2v) is 14.9. The van der Waals surface area contributed by atoms with E-state index in [-0.39, 0.29) is 0 Å². The minimum Gasteiger partial charge on any atom is -0.450 e. The molecular formula is C50H27N5O. The average molecular weight is 714 g/mol. The van der Waals surface area contributed by atoms with Gasteiger partial charge in [0.25, 0.3) is 0 Å². The Kier molecular flexibility index (Phi) is 5.18. The monoisotopic (exact) mass is 713 g/mol. The van der Waals surface area contributed by atoms with Crippen molar-refractivity contribution in [2.75, 3.05) is 0 Å². The first-order chi connectivity index (χ1) is 27.8. The summed E-state index contributed by atoms with van der Waals surface area (Å²) in [5.74, 6) is 1.31. The highest BCUT2D eigenvalue weighted by Crippen LogP contribution is 2.48. The highest BCUT2D eigenvalue weighted by Gasteiger charge is 2.28. The fourth-order valence-electron chi connectivity index (χ4n) is 9.93. The lowest BCUT2D eigenvalue weighted by Gasteiger charge is -2.13. The zero-order valence-corrected chi connectivity index (χ0v) is 29.7. The van der Waals surface area contributed by atoms with E-state index >= 15 is 0 Å². The molecule has 0 unspecified atom stereocenters. The van der Waals surface area contributed by atoms with Crippen molar-refractivity contribution in [3.05, 3.63) is 164 Å². The van der Waals surface area contributed by atoms with E-state index in [1.807, 2.05) is 12.1 Å². The standard InChI is InChI=1S/C50H27N5O/c1-2-14-29-28(13-1)25-26-33-37-27-36-32-17-5-8-20-38(32)53-41-23-11-6-18-34(41)43(46(36)53)47(37)55(45(29)33)49-48-44(35-19-7-12-24-42(35)56-48)51-50(52-49)54-39-21-9-3-15-30(39)31-16-4-10-22-40(31)54/h1-27H. The number of hydrogen-bond donors (Lipinski definition) is 0. The summed E-state index contributed by atoms with van der Waals surface area (Å²) in [6.07, 6.45) is 0. The third-order valence-corrected chi connectivity index (χ3v) is 12.2. The number of fused-ring (bicyclic) bond motifs is 18. The lowest BCUT2D eigenvalue weighted by molar-refractivity contribution is 0.661. The maximum atomic E-state index is 6.90. The molecule has 0 saturated carbocycles. The van der Waals surface area contributed by atoms with Crippen molar-refractivity contribution in [3.8, 4) is 11.8 Å². The van der Waals surface area contributed by atoms with Crippen LogP contribution >= 0.6 is 0 Å².